The molecule has 4 rings (SSSR count). The molecule has 4 aliphatic carbocycles. The van der Waals surface area contributed by atoms with E-state index < -0.39 is 51.9 Å². The van der Waals surface area contributed by atoms with Gasteiger partial charge in [-0.3, -0.25) is 14.4 Å². The van der Waals surface area contributed by atoms with Crippen LogP contribution in [0.1, 0.15) is 94.4 Å². The van der Waals surface area contributed by atoms with Crippen molar-refractivity contribution >= 4 is 17.5 Å². The van der Waals surface area contributed by atoms with Crippen LogP contribution < -0.4 is 0 Å². The minimum atomic E-state index is -1.83. The fourth-order valence-electron chi connectivity index (χ4n) is 9.64. The first kappa shape index (κ1) is 30.1. The van der Waals surface area contributed by atoms with E-state index in [0.29, 0.717) is 19.3 Å². The molecule has 0 aromatic heterocycles. The number of carbonyl (C=O) groups excluding carboxylic acids is 3. The van der Waals surface area contributed by atoms with E-state index in [-0.39, 0.29) is 28.4 Å². The van der Waals surface area contributed by atoms with Crippen molar-refractivity contribution in [2.24, 2.45) is 39.4 Å². The summed E-state index contributed by atoms with van der Waals surface area (Å²) in [7, 11) is 0. The van der Waals surface area contributed by atoms with Gasteiger partial charge in [0.1, 0.15) is 17.3 Å². The number of hydrogen-bond acceptors (Lipinski definition) is 7. The second-order valence-corrected chi connectivity index (χ2v) is 14.9. The number of carbonyl (C=O) groups is 3. The lowest BCUT2D eigenvalue weighted by Crippen LogP contribution is -2.62. The zero-order valence-corrected chi connectivity index (χ0v) is 25.1. The number of ether oxygens (including phenoxy) is 1. The van der Waals surface area contributed by atoms with Crippen LogP contribution in [-0.4, -0.2) is 56.3 Å². The number of fused-ring (bicyclic) bond motifs is 5. The van der Waals surface area contributed by atoms with Crippen molar-refractivity contribution in [2.75, 3.05) is 0 Å². The molecule has 0 saturated heterocycles. The molecule has 3 fully saturated rings. The average Bonchev–Trinajstić information content (AvgIpc) is 3.01. The molecule has 0 aromatic rings. The molecule has 7 nitrogen and oxygen atoms in total. The number of ketones is 2. The molecule has 3 saturated carbocycles. The highest BCUT2D eigenvalue weighted by atomic mass is 16.6. The van der Waals surface area contributed by atoms with Crippen LogP contribution in [-0.2, 0) is 19.1 Å². The fraction of sp³-hybridized carbons (Fsp3) is 0.781. The lowest BCUT2D eigenvalue weighted by Gasteiger charge is -2.65. The summed E-state index contributed by atoms with van der Waals surface area (Å²) >= 11 is 0. The summed E-state index contributed by atoms with van der Waals surface area (Å²) < 4.78 is 5.26. The third kappa shape index (κ3) is 4.29. The summed E-state index contributed by atoms with van der Waals surface area (Å²) in [5.41, 5.74) is -3.52. The standard InChI is InChI=1S/C32H48O7/c1-18(33)39-27(2,3)13-12-24(36)32(9,38)25-22(35)17-31(8)23-11-10-19-20(16-21(34)26(37)28(19,4)5)29(23,6)14-15-30(25,31)7/h10,12-13,20-23,25,34-35,38H,11,14-17H2,1-9H3. The molecule has 7 heteroatoms. The molecule has 9 atom stereocenters. The van der Waals surface area contributed by atoms with Gasteiger partial charge in [0.25, 0.3) is 0 Å². The summed E-state index contributed by atoms with van der Waals surface area (Å²) in [5, 5.41) is 34.1. The Balaban J connectivity index is 1.70. The van der Waals surface area contributed by atoms with E-state index in [2.05, 4.69) is 26.8 Å². The summed E-state index contributed by atoms with van der Waals surface area (Å²) in [4.78, 5) is 37.8. The van der Waals surface area contributed by atoms with Crippen molar-refractivity contribution in [3.8, 4) is 0 Å². The monoisotopic (exact) mass is 544 g/mol. The van der Waals surface area contributed by atoms with Gasteiger partial charge >= 0.3 is 5.97 Å². The van der Waals surface area contributed by atoms with Gasteiger partial charge in [0.2, 0.25) is 0 Å². The maximum atomic E-state index is 13.5. The van der Waals surface area contributed by atoms with Crippen LogP contribution in [0.4, 0.5) is 0 Å². The molecule has 0 radical (unpaired) electrons. The molecule has 4 aliphatic rings. The number of aliphatic hydroxyl groups excluding tert-OH is 2. The van der Waals surface area contributed by atoms with Gasteiger partial charge in [-0.15, -0.1) is 0 Å². The summed E-state index contributed by atoms with van der Waals surface area (Å²) in [6.45, 7) is 16.6. The Morgan fingerprint density at radius 2 is 1.67 bits per heavy atom. The van der Waals surface area contributed by atoms with Crippen LogP contribution in [0.3, 0.4) is 0 Å². The van der Waals surface area contributed by atoms with Gasteiger partial charge in [-0.2, -0.15) is 0 Å². The first-order valence-electron chi connectivity index (χ1n) is 14.4. The summed E-state index contributed by atoms with van der Waals surface area (Å²) in [6, 6.07) is 0. The Morgan fingerprint density at radius 1 is 1.05 bits per heavy atom. The average molecular weight is 545 g/mol. The molecule has 0 aromatic carbocycles. The largest absolute Gasteiger partial charge is 0.456 e. The number of Topliss-reactive ketones (excluding diaryl/α,β-unsaturated/α-hetero) is 1. The molecule has 0 heterocycles. The Hall–Kier alpha value is -1.83. The number of rotatable bonds is 5. The molecule has 0 aliphatic heterocycles. The smallest absolute Gasteiger partial charge is 0.303 e. The van der Waals surface area contributed by atoms with E-state index in [4.69, 9.17) is 4.74 Å². The lowest BCUT2D eigenvalue weighted by molar-refractivity contribution is -0.176. The van der Waals surface area contributed by atoms with E-state index in [1.807, 2.05) is 13.8 Å². The molecule has 218 valence electrons. The van der Waals surface area contributed by atoms with Gasteiger partial charge in [0.05, 0.1) is 6.10 Å². The predicted octanol–water partition coefficient (Wildman–Crippen LogP) is 4.32. The van der Waals surface area contributed by atoms with Gasteiger partial charge in [-0.1, -0.05) is 32.4 Å². The van der Waals surface area contributed by atoms with Crippen molar-refractivity contribution in [3.63, 3.8) is 0 Å². The van der Waals surface area contributed by atoms with E-state index in [0.717, 1.165) is 18.4 Å². The maximum Gasteiger partial charge on any atom is 0.303 e. The topological polar surface area (TPSA) is 121 Å². The molecule has 0 amide bonds. The number of esters is 1. The number of hydrogen-bond donors (Lipinski definition) is 3. The molecular weight excluding hydrogens is 496 g/mol. The first-order valence-corrected chi connectivity index (χ1v) is 14.4. The molecule has 0 spiro atoms. The normalized spacial score (nSPS) is 43.1. The number of allylic oxidation sites excluding steroid dienone is 2. The van der Waals surface area contributed by atoms with E-state index in [1.165, 1.54) is 26.0 Å². The Kier molecular flexibility index (Phi) is 7.02. The van der Waals surface area contributed by atoms with Crippen LogP contribution in [0.15, 0.2) is 23.8 Å². The zero-order valence-electron chi connectivity index (χ0n) is 25.1. The van der Waals surface area contributed by atoms with Crippen LogP contribution in [0, 0.1) is 39.4 Å². The molecule has 3 N–H and O–H groups in total. The van der Waals surface area contributed by atoms with Crippen LogP contribution in [0.5, 0.6) is 0 Å². The molecule has 39 heavy (non-hydrogen) atoms. The Bertz CT molecular complexity index is 1130. The predicted molar refractivity (Wildman–Crippen MR) is 147 cm³/mol. The highest BCUT2D eigenvalue weighted by Gasteiger charge is 2.72. The van der Waals surface area contributed by atoms with Gasteiger partial charge in [-0.05, 0) is 107 Å². The highest BCUT2D eigenvalue weighted by Crippen LogP contribution is 2.75. The third-order valence-corrected chi connectivity index (χ3v) is 11.7. The van der Waals surface area contributed by atoms with Gasteiger partial charge in [0, 0.05) is 18.3 Å². The second kappa shape index (κ2) is 9.09. The molecule has 0 bridgehead atoms. The summed E-state index contributed by atoms with van der Waals surface area (Å²) in [5.74, 6) is -1.58. The van der Waals surface area contributed by atoms with Crippen molar-refractivity contribution in [3.05, 3.63) is 23.8 Å². The van der Waals surface area contributed by atoms with Crippen LogP contribution in [0.25, 0.3) is 0 Å². The van der Waals surface area contributed by atoms with Crippen molar-refractivity contribution in [1.29, 1.82) is 0 Å². The molecular formula is C32H48O7. The van der Waals surface area contributed by atoms with Gasteiger partial charge in [0.15, 0.2) is 11.6 Å². The number of aliphatic hydroxyl groups is 3. The Labute approximate surface area is 233 Å². The minimum Gasteiger partial charge on any atom is -0.456 e. The van der Waals surface area contributed by atoms with E-state index in [1.54, 1.807) is 13.8 Å². The van der Waals surface area contributed by atoms with E-state index in [9.17, 15) is 29.7 Å². The highest BCUT2D eigenvalue weighted by molar-refractivity contribution is 5.97. The van der Waals surface area contributed by atoms with Crippen molar-refractivity contribution in [2.45, 2.75) is 118 Å². The summed E-state index contributed by atoms with van der Waals surface area (Å²) in [6.07, 6.45) is 6.26. The SMILES string of the molecule is CC(=O)OC(C)(C)C=CC(=O)C(C)(O)C1C(O)CC2(C)C3CC=C4C(CC(O)C(=O)C4(C)C)C3(C)CCC12C. The lowest BCUT2D eigenvalue weighted by atomic mass is 9.39. The van der Waals surface area contributed by atoms with Gasteiger partial charge in [-0.25, -0.2) is 0 Å². The van der Waals surface area contributed by atoms with Crippen LogP contribution in [0.2, 0.25) is 0 Å². The van der Waals surface area contributed by atoms with Crippen molar-refractivity contribution < 1.29 is 34.4 Å². The van der Waals surface area contributed by atoms with E-state index >= 15 is 0 Å². The fourth-order valence-corrected chi connectivity index (χ4v) is 9.64. The maximum absolute atomic E-state index is 13.5. The van der Waals surface area contributed by atoms with Crippen molar-refractivity contribution in [1.82, 2.24) is 0 Å². The van der Waals surface area contributed by atoms with Gasteiger partial charge < -0.3 is 20.1 Å². The zero-order chi connectivity index (χ0) is 29.6. The quantitative estimate of drug-likeness (QED) is 0.268. The first-order chi connectivity index (χ1) is 17.6. The minimum absolute atomic E-state index is 0.0603. The van der Waals surface area contributed by atoms with Crippen LogP contribution >= 0.6 is 0 Å². The molecule has 9 unspecified atom stereocenters. The third-order valence-electron chi connectivity index (χ3n) is 11.7. The Morgan fingerprint density at radius 3 is 2.26 bits per heavy atom. The second-order valence-electron chi connectivity index (χ2n) is 14.9.